The van der Waals surface area contributed by atoms with Crippen LogP contribution in [0.25, 0.3) is 0 Å². The average Bonchev–Trinajstić information content (AvgIpc) is 2.47. The van der Waals surface area contributed by atoms with Crippen molar-refractivity contribution in [2.45, 2.75) is 40.2 Å². The third kappa shape index (κ3) is 1.78. The van der Waals surface area contributed by atoms with Crippen LogP contribution in [0, 0.1) is 10.8 Å². The molecule has 82 valence electrons. The standard InChI is InChI=1S/C11H22N2O/c1-10(2)9(11(10,3)4)13-7-6-8(14)12-5/h9,13H,6-7H2,1-5H3,(H,12,14). The summed E-state index contributed by atoms with van der Waals surface area (Å²) in [6.07, 6.45) is 0.569. The number of hydrogen-bond acceptors (Lipinski definition) is 2. The largest absolute Gasteiger partial charge is 0.359 e. The summed E-state index contributed by atoms with van der Waals surface area (Å²) < 4.78 is 0. The average molecular weight is 198 g/mol. The van der Waals surface area contributed by atoms with Crippen LogP contribution in [0.5, 0.6) is 0 Å². The fraction of sp³-hybridized carbons (Fsp3) is 0.909. The highest BCUT2D eigenvalue weighted by molar-refractivity contribution is 5.75. The normalized spacial score (nSPS) is 23.2. The van der Waals surface area contributed by atoms with Gasteiger partial charge in [-0.05, 0) is 10.8 Å². The van der Waals surface area contributed by atoms with E-state index in [0.717, 1.165) is 6.54 Å². The molecule has 0 spiro atoms. The van der Waals surface area contributed by atoms with Gasteiger partial charge in [-0.1, -0.05) is 27.7 Å². The Hall–Kier alpha value is -0.570. The van der Waals surface area contributed by atoms with Crippen molar-refractivity contribution < 1.29 is 4.79 Å². The van der Waals surface area contributed by atoms with Gasteiger partial charge in [0.15, 0.2) is 0 Å². The SMILES string of the molecule is CNC(=O)CCNC1C(C)(C)C1(C)C. The van der Waals surface area contributed by atoms with Gasteiger partial charge in [0, 0.05) is 26.1 Å². The second-order valence-electron chi connectivity index (χ2n) is 5.25. The van der Waals surface area contributed by atoms with Crippen LogP contribution in [0.15, 0.2) is 0 Å². The summed E-state index contributed by atoms with van der Waals surface area (Å²) in [4.78, 5) is 11.0. The minimum Gasteiger partial charge on any atom is -0.359 e. The van der Waals surface area contributed by atoms with Crippen molar-refractivity contribution in [1.82, 2.24) is 10.6 Å². The van der Waals surface area contributed by atoms with Crippen LogP contribution in [0.2, 0.25) is 0 Å². The first kappa shape index (κ1) is 11.5. The molecule has 1 fully saturated rings. The highest BCUT2D eigenvalue weighted by atomic mass is 16.1. The first-order valence-electron chi connectivity index (χ1n) is 5.28. The van der Waals surface area contributed by atoms with Crippen molar-refractivity contribution in [3.8, 4) is 0 Å². The summed E-state index contributed by atoms with van der Waals surface area (Å²) >= 11 is 0. The number of rotatable bonds is 4. The van der Waals surface area contributed by atoms with Crippen molar-refractivity contribution in [2.75, 3.05) is 13.6 Å². The molecular weight excluding hydrogens is 176 g/mol. The maximum atomic E-state index is 11.0. The molecule has 1 aliphatic rings. The third-order valence-corrected chi connectivity index (χ3v) is 4.00. The van der Waals surface area contributed by atoms with Crippen LogP contribution in [-0.2, 0) is 4.79 Å². The minimum absolute atomic E-state index is 0.105. The highest BCUT2D eigenvalue weighted by Crippen LogP contribution is 2.62. The van der Waals surface area contributed by atoms with Crippen molar-refractivity contribution in [3.63, 3.8) is 0 Å². The summed E-state index contributed by atoms with van der Waals surface area (Å²) in [7, 11) is 1.67. The van der Waals surface area contributed by atoms with Crippen molar-refractivity contribution in [1.29, 1.82) is 0 Å². The summed E-state index contributed by atoms with van der Waals surface area (Å²) in [6.45, 7) is 9.85. The number of carbonyl (C=O) groups excluding carboxylic acids is 1. The van der Waals surface area contributed by atoms with Crippen molar-refractivity contribution in [2.24, 2.45) is 10.8 Å². The molecule has 1 saturated carbocycles. The van der Waals surface area contributed by atoms with Gasteiger partial charge in [0.1, 0.15) is 0 Å². The molecule has 3 nitrogen and oxygen atoms in total. The van der Waals surface area contributed by atoms with Crippen LogP contribution < -0.4 is 10.6 Å². The summed E-state index contributed by atoms with van der Waals surface area (Å²) in [5.74, 6) is 0.105. The molecule has 2 N–H and O–H groups in total. The second-order valence-corrected chi connectivity index (χ2v) is 5.25. The molecule has 1 aliphatic carbocycles. The molecule has 0 heterocycles. The first-order valence-corrected chi connectivity index (χ1v) is 5.28. The molecule has 0 bridgehead atoms. The van der Waals surface area contributed by atoms with Gasteiger partial charge in [-0.25, -0.2) is 0 Å². The van der Waals surface area contributed by atoms with Gasteiger partial charge >= 0.3 is 0 Å². The fourth-order valence-electron chi connectivity index (χ4n) is 2.16. The molecule has 0 aromatic rings. The molecule has 0 aromatic carbocycles. The summed E-state index contributed by atoms with van der Waals surface area (Å²) in [5.41, 5.74) is 0.714. The smallest absolute Gasteiger partial charge is 0.221 e. The zero-order valence-corrected chi connectivity index (χ0v) is 9.90. The van der Waals surface area contributed by atoms with Gasteiger partial charge in [0.05, 0.1) is 0 Å². The van der Waals surface area contributed by atoms with E-state index in [9.17, 15) is 4.79 Å². The Kier molecular flexibility index (Phi) is 2.91. The molecular formula is C11H22N2O. The maximum Gasteiger partial charge on any atom is 0.221 e. The molecule has 3 heteroatoms. The van der Waals surface area contributed by atoms with Gasteiger partial charge in [-0.15, -0.1) is 0 Å². The molecule has 14 heavy (non-hydrogen) atoms. The Bertz CT molecular complexity index is 219. The highest BCUT2D eigenvalue weighted by Gasteiger charge is 2.64. The van der Waals surface area contributed by atoms with Crippen LogP contribution in [0.1, 0.15) is 34.1 Å². The molecule has 1 rings (SSSR count). The van der Waals surface area contributed by atoms with E-state index < -0.39 is 0 Å². The number of carbonyl (C=O) groups is 1. The predicted molar refractivity (Wildman–Crippen MR) is 58.0 cm³/mol. The van der Waals surface area contributed by atoms with Gasteiger partial charge in [0.2, 0.25) is 5.91 Å². The number of nitrogens with one attached hydrogen (secondary N) is 2. The van der Waals surface area contributed by atoms with Crippen LogP contribution in [0.3, 0.4) is 0 Å². The Morgan fingerprint density at radius 3 is 2.07 bits per heavy atom. The lowest BCUT2D eigenvalue weighted by Crippen LogP contribution is -2.28. The van der Waals surface area contributed by atoms with E-state index in [0.29, 0.717) is 23.3 Å². The lowest BCUT2D eigenvalue weighted by Gasteiger charge is -2.05. The van der Waals surface area contributed by atoms with E-state index in [1.54, 1.807) is 7.05 Å². The predicted octanol–water partition coefficient (Wildman–Crippen LogP) is 1.15. The molecule has 0 aromatic heterocycles. The summed E-state index contributed by atoms with van der Waals surface area (Å²) in [5, 5.41) is 6.06. The quantitative estimate of drug-likeness (QED) is 0.711. The van der Waals surface area contributed by atoms with E-state index in [1.807, 2.05) is 0 Å². The van der Waals surface area contributed by atoms with Gasteiger partial charge < -0.3 is 10.6 Å². The van der Waals surface area contributed by atoms with Crippen molar-refractivity contribution in [3.05, 3.63) is 0 Å². The third-order valence-electron chi connectivity index (χ3n) is 4.00. The van der Waals surface area contributed by atoms with E-state index in [2.05, 4.69) is 38.3 Å². The Morgan fingerprint density at radius 2 is 1.71 bits per heavy atom. The minimum atomic E-state index is 0.105. The van der Waals surface area contributed by atoms with E-state index in [-0.39, 0.29) is 5.91 Å². The van der Waals surface area contributed by atoms with Crippen LogP contribution >= 0.6 is 0 Å². The Labute approximate surface area is 86.6 Å². The molecule has 0 radical (unpaired) electrons. The zero-order chi connectivity index (χ0) is 11.0. The number of amides is 1. The van der Waals surface area contributed by atoms with Crippen LogP contribution in [0.4, 0.5) is 0 Å². The fourth-order valence-corrected chi connectivity index (χ4v) is 2.16. The first-order chi connectivity index (χ1) is 6.34. The number of hydrogen-bond donors (Lipinski definition) is 2. The maximum absolute atomic E-state index is 11.0. The second kappa shape index (κ2) is 3.54. The Morgan fingerprint density at radius 1 is 1.21 bits per heavy atom. The summed E-state index contributed by atoms with van der Waals surface area (Å²) in [6, 6.07) is 0.541. The molecule has 0 saturated heterocycles. The lowest BCUT2D eigenvalue weighted by molar-refractivity contribution is -0.120. The zero-order valence-electron chi connectivity index (χ0n) is 9.90. The molecule has 0 unspecified atom stereocenters. The topological polar surface area (TPSA) is 41.1 Å². The molecule has 1 amide bonds. The van der Waals surface area contributed by atoms with Gasteiger partial charge in [-0.3, -0.25) is 4.79 Å². The van der Waals surface area contributed by atoms with E-state index in [4.69, 9.17) is 0 Å². The molecule has 0 atom stereocenters. The van der Waals surface area contributed by atoms with Gasteiger partial charge in [0.25, 0.3) is 0 Å². The monoisotopic (exact) mass is 198 g/mol. The van der Waals surface area contributed by atoms with E-state index >= 15 is 0 Å². The van der Waals surface area contributed by atoms with Crippen molar-refractivity contribution >= 4 is 5.91 Å². The van der Waals surface area contributed by atoms with E-state index in [1.165, 1.54) is 0 Å². The molecule has 0 aliphatic heterocycles. The Balaban J connectivity index is 2.26. The van der Waals surface area contributed by atoms with Gasteiger partial charge in [-0.2, -0.15) is 0 Å². The lowest BCUT2D eigenvalue weighted by atomic mass is 10.0. The van der Waals surface area contributed by atoms with Crippen LogP contribution in [-0.4, -0.2) is 25.5 Å².